The summed E-state index contributed by atoms with van der Waals surface area (Å²) < 4.78 is 49.4. The molecule has 1 amide bonds. The number of carbonyl (C=O) groups is 1. The fourth-order valence-corrected chi connectivity index (χ4v) is 2.17. The van der Waals surface area contributed by atoms with Crippen LogP contribution in [0.25, 0.3) is 0 Å². The normalized spacial score (nSPS) is 11.8. The van der Waals surface area contributed by atoms with E-state index in [4.69, 9.17) is 9.47 Å². The van der Waals surface area contributed by atoms with Gasteiger partial charge < -0.3 is 14.8 Å². The van der Waals surface area contributed by atoms with Crippen LogP contribution in [0.1, 0.15) is 31.9 Å². The molecule has 0 bridgehead atoms. The van der Waals surface area contributed by atoms with Crippen LogP contribution >= 0.6 is 0 Å². The quantitative estimate of drug-likeness (QED) is 0.794. The Morgan fingerprint density at radius 3 is 2.37 bits per heavy atom. The summed E-state index contributed by atoms with van der Waals surface area (Å²) in [6, 6.07) is 7.43. The molecule has 2 aromatic rings. The van der Waals surface area contributed by atoms with E-state index in [0.717, 1.165) is 24.0 Å². The van der Waals surface area contributed by atoms with Gasteiger partial charge in [-0.1, -0.05) is 12.1 Å². The minimum absolute atomic E-state index is 0.261. The largest absolute Gasteiger partial charge is 0.455 e. The Morgan fingerprint density at radius 2 is 1.78 bits per heavy atom. The number of hydrogen-bond donors (Lipinski definition) is 1. The van der Waals surface area contributed by atoms with Gasteiger partial charge in [-0.3, -0.25) is 4.98 Å². The van der Waals surface area contributed by atoms with Crippen molar-refractivity contribution in [3.63, 3.8) is 0 Å². The lowest BCUT2D eigenvalue weighted by Crippen LogP contribution is -2.33. The predicted octanol–water partition coefficient (Wildman–Crippen LogP) is 4.96. The highest BCUT2D eigenvalue weighted by atomic mass is 19.4. The number of halogens is 3. The number of nitrogens with zero attached hydrogens (tertiary/aromatic N) is 1. The Kier molecular flexibility index (Phi) is 6.30. The molecule has 27 heavy (non-hydrogen) atoms. The van der Waals surface area contributed by atoms with E-state index in [2.05, 4.69) is 10.3 Å². The lowest BCUT2D eigenvalue weighted by Gasteiger charge is -2.19. The standard InChI is InChI=1S/C19H21F3N2O3/c1-18(2,3)27-17(25)24-11-8-13-4-6-14(7-5-13)26-16-12-23-10-9-15(16)19(20,21)22/h4-7,9-10,12H,8,11H2,1-3H3,(H,24,25). The fraction of sp³-hybridized carbons (Fsp3) is 0.368. The van der Waals surface area contributed by atoms with Gasteiger partial charge in [-0.15, -0.1) is 0 Å². The van der Waals surface area contributed by atoms with Crippen molar-refractivity contribution in [1.29, 1.82) is 0 Å². The third kappa shape index (κ3) is 6.80. The molecule has 2 rings (SSSR count). The molecule has 0 fully saturated rings. The number of nitrogens with one attached hydrogen (secondary N) is 1. The van der Waals surface area contributed by atoms with Crippen LogP contribution in [0, 0.1) is 0 Å². The molecule has 0 spiro atoms. The zero-order valence-corrected chi connectivity index (χ0v) is 15.3. The number of pyridine rings is 1. The number of aromatic nitrogens is 1. The van der Waals surface area contributed by atoms with Crippen molar-refractivity contribution in [3.05, 3.63) is 53.9 Å². The van der Waals surface area contributed by atoms with Crippen LogP contribution in [0.3, 0.4) is 0 Å². The number of carbonyl (C=O) groups excluding carboxylic acids is 1. The van der Waals surface area contributed by atoms with Gasteiger partial charge in [-0.25, -0.2) is 4.79 Å². The topological polar surface area (TPSA) is 60.5 Å². The Labute approximate surface area is 155 Å². The molecule has 1 N–H and O–H groups in total. The molecular weight excluding hydrogens is 361 g/mol. The zero-order chi connectivity index (χ0) is 20.1. The number of ether oxygens (including phenoxy) is 2. The third-order valence-corrected chi connectivity index (χ3v) is 3.32. The van der Waals surface area contributed by atoms with Crippen LogP contribution in [0.5, 0.6) is 11.5 Å². The van der Waals surface area contributed by atoms with Gasteiger partial charge >= 0.3 is 12.3 Å². The summed E-state index contributed by atoms with van der Waals surface area (Å²) in [5.41, 5.74) is -0.561. The van der Waals surface area contributed by atoms with Crippen LogP contribution in [0.15, 0.2) is 42.7 Å². The maximum absolute atomic E-state index is 13.0. The molecule has 0 aliphatic rings. The highest BCUT2D eigenvalue weighted by Gasteiger charge is 2.34. The maximum atomic E-state index is 13.0. The van der Waals surface area contributed by atoms with Crippen molar-refractivity contribution in [2.75, 3.05) is 6.54 Å². The van der Waals surface area contributed by atoms with E-state index in [1.807, 2.05) is 0 Å². The first-order valence-electron chi connectivity index (χ1n) is 8.29. The fourth-order valence-electron chi connectivity index (χ4n) is 2.17. The Morgan fingerprint density at radius 1 is 1.11 bits per heavy atom. The van der Waals surface area contributed by atoms with E-state index in [1.165, 1.54) is 0 Å². The van der Waals surface area contributed by atoms with E-state index < -0.39 is 23.4 Å². The van der Waals surface area contributed by atoms with E-state index in [9.17, 15) is 18.0 Å². The van der Waals surface area contributed by atoms with E-state index >= 15 is 0 Å². The molecule has 0 radical (unpaired) electrons. The maximum Gasteiger partial charge on any atom is 0.420 e. The zero-order valence-electron chi connectivity index (χ0n) is 15.3. The first kappa shape index (κ1) is 20.5. The molecule has 8 heteroatoms. The minimum atomic E-state index is -4.52. The van der Waals surface area contributed by atoms with Crippen molar-refractivity contribution in [2.24, 2.45) is 0 Å². The first-order chi connectivity index (χ1) is 12.5. The van der Waals surface area contributed by atoms with Crippen molar-refractivity contribution in [2.45, 2.75) is 39.0 Å². The van der Waals surface area contributed by atoms with Crippen LogP contribution in [0.4, 0.5) is 18.0 Å². The summed E-state index contributed by atoms with van der Waals surface area (Å²) in [7, 11) is 0. The van der Waals surface area contributed by atoms with Gasteiger partial charge in [0, 0.05) is 12.7 Å². The first-order valence-corrected chi connectivity index (χ1v) is 8.29. The van der Waals surface area contributed by atoms with Gasteiger partial charge in [0.25, 0.3) is 0 Å². The van der Waals surface area contributed by atoms with E-state index in [0.29, 0.717) is 13.0 Å². The second kappa shape index (κ2) is 8.28. The second-order valence-corrected chi connectivity index (χ2v) is 6.79. The summed E-state index contributed by atoms with van der Waals surface area (Å²) in [4.78, 5) is 15.2. The van der Waals surface area contributed by atoms with Gasteiger partial charge in [0.2, 0.25) is 0 Å². The smallest absolute Gasteiger partial charge is 0.420 e. The molecular formula is C19H21F3N2O3. The molecule has 1 aromatic carbocycles. The molecule has 0 atom stereocenters. The lowest BCUT2D eigenvalue weighted by molar-refractivity contribution is -0.138. The van der Waals surface area contributed by atoms with Crippen LogP contribution < -0.4 is 10.1 Å². The van der Waals surface area contributed by atoms with Gasteiger partial charge in [-0.2, -0.15) is 13.2 Å². The SMILES string of the molecule is CC(C)(C)OC(=O)NCCc1ccc(Oc2cnccc2C(F)(F)F)cc1. The Hall–Kier alpha value is -2.77. The van der Waals surface area contributed by atoms with Crippen LogP contribution in [0.2, 0.25) is 0 Å². The molecule has 0 saturated heterocycles. The summed E-state index contributed by atoms with van der Waals surface area (Å²) in [5, 5.41) is 2.64. The van der Waals surface area contributed by atoms with Gasteiger partial charge in [0.1, 0.15) is 16.9 Å². The molecule has 1 heterocycles. The minimum Gasteiger partial charge on any atom is -0.455 e. The monoisotopic (exact) mass is 382 g/mol. The molecule has 146 valence electrons. The Balaban J connectivity index is 1.92. The summed E-state index contributed by atoms with van der Waals surface area (Å²) in [6.07, 6.45) is -2.39. The van der Waals surface area contributed by atoms with E-state index in [1.54, 1.807) is 45.0 Å². The molecule has 0 unspecified atom stereocenters. The van der Waals surface area contributed by atoms with Crippen molar-refractivity contribution in [3.8, 4) is 11.5 Å². The molecule has 0 aliphatic carbocycles. The number of hydrogen-bond acceptors (Lipinski definition) is 4. The van der Waals surface area contributed by atoms with Crippen LogP contribution in [-0.4, -0.2) is 23.2 Å². The highest BCUT2D eigenvalue weighted by molar-refractivity contribution is 5.67. The van der Waals surface area contributed by atoms with Crippen molar-refractivity contribution < 1.29 is 27.4 Å². The number of amides is 1. The lowest BCUT2D eigenvalue weighted by atomic mass is 10.1. The van der Waals surface area contributed by atoms with Crippen LogP contribution in [-0.2, 0) is 17.3 Å². The summed E-state index contributed by atoms with van der Waals surface area (Å²) in [6.45, 7) is 5.70. The molecule has 0 saturated carbocycles. The number of alkyl halides is 3. The summed E-state index contributed by atoms with van der Waals surface area (Å²) in [5.74, 6) is -0.0957. The summed E-state index contributed by atoms with van der Waals surface area (Å²) >= 11 is 0. The molecule has 1 aromatic heterocycles. The second-order valence-electron chi connectivity index (χ2n) is 6.79. The average Bonchev–Trinajstić information content (AvgIpc) is 2.54. The van der Waals surface area contributed by atoms with E-state index in [-0.39, 0.29) is 11.5 Å². The highest BCUT2D eigenvalue weighted by Crippen LogP contribution is 2.37. The number of rotatable bonds is 5. The molecule has 0 aliphatic heterocycles. The number of benzene rings is 1. The molecule has 5 nitrogen and oxygen atoms in total. The number of alkyl carbamates (subject to hydrolysis) is 1. The predicted molar refractivity (Wildman–Crippen MR) is 93.7 cm³/mol. The average molecular weight is 382 g/mol. The van der Waals surface area contributed by atoms with Gasteiger partial charge in [-0.05, 0) is 51.0 Å². The van der Waals surface area contributed by atoms with Gasteiger partial charge in [0.15, 0.2) is 5.75 Å². The Bertz CT molecular complexity index is 769. The van der Waals surface area contributed by atoms with Crippen molar-refractivity contribution >= 4 is 6.09 Å². The third-order valence-electron chi connectivity index (χ3n) is 3.32. The van der Waals surface area contributed by atoms with Gasteiger partial charge in [0.05, 0.1) is 6.20 Å². The van der Waals surface area contributed by atoms with Crippen molar-refractivity contribution in [1.82, 2.24) is 10.3 Å².